The van der Waals surface area contributed by atoms with E-state index >= 15 is 0 Å². The number of ether oxygens (including phenoxy) is 1. The SMILES string of the molecule is COc1cc(Cl)cc(S)c1N. The second-order valence-corrected chi connectivity index (χ2v) is 2.96. The summed E-state index contributed by atoms with van der Waals surface area (Å²) in [6, 6.07) is 3.32. The molecule has 0 spiro atoms. The zero-order valence-corrected chi connectivity index (χ0v) is 7.62. The molecule has 0 radical (unpaired) electrons. The van der Waals surface area contributed by atoms with Crippen LogP contribution in [-0.2, 0) is 0 Å². The van der Waals surface area contributed by atoms with Crippen molar-refractivity contribution in [3.8, 4) is 5.75 Å². The highest BCUT2D eigenvalue weighted by atomic mass is 35.5. The molecule has 0 unspecified atom stereocenters. The second kappa shape index (κ2) is 3.24. The Morgan fingerprint density at radius 1 is 1.55 bits per heavy atom. The molecule has 0 amide bonds. The summed E-state index contributed by atoms with van der Waals surface area (Å²) in [6.45, 7) is 0. The smallest absolute Gasteiger partial charge is 0.144 e. The van der Waals surface area contributed by atoms with Gasteiger partial charge in [0.05, 0.1) is 12.8 Å². The van der Waals surface area contributed by atoms with Crippen LogP contribution >= 0.6 is 24.2 Å². The minimum atomic E-state index is 0.514. The molecule has 4 heteroatoms. The fraction of sp³-hybridized carbons (Fsp3) is 0.143. The molecule has 0 aliphatic heterocycles. The quantitative estimate of drug-likeness (QED) is 0.525. The van der Waals surface area contributed by atoms with E-state index in [1.807, 2.05) is 0 Å². The lowest BCUT2D eigenvalue weighted by Crippen LogP contribution is -1.93. The van der Waals surface area contributed by atoms with Crippen molar-refractivity contribution in [2.24, 2.45) is 0 Å². The van der Waals surface area contributed by atoms with Crippen LogP contribution in [0.1, 0.15) is 0 Å². The lowest BCUT2D eigenvalue weighted by Gasteiger charge is -2.06. The number of methoxy groups -OCH3 is 1. The highest BCUT2D eigenvalue weighted by Gasteiger charge is 2.03. The van der Waals surface area contributed by atoms with Gasteiger partial charge in [0, 0.05) is 16.0 Å². The van der Waals surface area contributed by atoms with Crippen LogP contribution in [-0.4, -0.2) is 7.11 Å². The third kappa shape index (κ3) is 1.73. The number of hydrogen-bond donors (Lipinski definition) is 2. The van der Waals surface area contributed by atoms with E-state index in [1.54, 1.807) is 12.1 Å². The lowest BCUT2D eigenvalue weighted by molar-refractivity contribution is 0.416. The van der Waals surface area contributed by atoms with Crippen molar-refractivity contribution in [2.45, 2.75) is 4.90 Å². The van der Waals surface area contributed by atoms with Crippen LogP contribution in [0.25, 0.3) is 0 Å². The highest BCUT2D eigenvalue weighted by molar-refractivity contribution is 7.80. The van der Waals surface area contributed by atoms with Gasteiger partial charge in [-0.15, -0.1) is 12.6 Å². The first-order valence-corrected chi connectivity index (χ1v) is 3.79. The predicted octanol–water partition coefficient (Wildman–Crippen LogP) is 2.22. The third-order valence-electron chi connectivity index (χ3n) is 1.30. The number of benzene rings is 1. The number of rotatable bonds is 1. The fourth-order valence-electron chi connectivity index (χ4n) is 0.748. The van der Waals surface area contributed by atoms with Crippen molar-refractivity contribution >= 4 is 29.9 Å². The molecule has 0 aromatic heterocycles. The summed E-state index contributed by atoms with van der Waals surface area (Å²) in [5, 5.41) is 0.570. The molecular weight excluding hydrogens is 182 g/mol. The summed E-state index contributed by atoms with van der Waals surface area (Å²) in [5.74, 6) is 0.558. The van der Waals surface area contributed by atoms with Crippen molar-refractivity contribution in [3.05, 3.63) is 17.2 Å². The van der Waals surface area contributed by atoms with Gasteiger partial charge in [-0.25, -0.2) is 0 Å². The normalized spacial score (nSPS) is 9.73. The lowest BCUT2D eigenvalue weighted by atomic mass is 10.3. The van der Waals surface area contributed by atoms with Gasteiger partial charge in [0.1, 0.15) is 5.75 Å². The topological polar surface area (TPSA) is 35.2 Å². The predicted molar refractivity (Wildman–Crippen MR) is 49.7 cm³/mol. The Labute approximate surface area is 75.7 Å². The van der Waals surface area contributed by atoms with Crippen molar-refractivity contribution in [2.75, 3.05) is 12.8 Å². The Kier molecular flexibility index (Phi) is 2.52. The summed E-state index contributed by atoms with van der Waals surface area (Å²) in [6.07, 6.45) is 0. The summed E-state index contributed by atoms with van der Waals surface area (Å²) in [4.78, 5) is 0.634. The van der Waals surface area contributed by atoms with E-state index in [0.29, 0.717) is 21.4 Å². The molecule has 1 rings (SSSR count). The summed E-state index contributed by atoms with van der Waals surface area (Å²) >= 11 is 9.82. The monoisotopic (exact) mass is 189 g/mol. The Bertz CT molecular complexity index is 277. The van der Waals surface area contributed by atoms with Crippen molar-refractivity contribution in [1.82, 2.24) is 0 Å². The molecule has 0 atom stereocenters. The molecule has 60 valence electrons. The minimum absolute atomic E-state index is 0.514. The van der Waals surface area contributed by atoms with Crippen LogP contribution in [0.5, 0.6) is 5.75 Å². The molecule has 0 heterocycles. The van der Waals surface area contributed by atoms with Crippen molar-refractivity contribution in [1.29, 1.82) is 0 Å². The number of halogens is 1. The summed E-state index contributed by atoms with van der Waals surface area (Å²) in [5.41, 5.74) is 6.12. The largest absolute Gasteiger partial charge is 0.495 e. The van der Waals surface area contributed by atoms with Gasteiger partial charge in [0.15, 0.2) is 0 Å². The zero-order chi connectivity index (χ0) is 8.43. The highest BCUT2D eigenvalue weighted by Crippen LogP contribution is 2.31. The molecule has 0 saturated carbocycles. The average molecular weight is 190 g/mol. The van der Waals surface area contributed by atoms with Gasteiger partial charge in [-0.3, -0.25) is 0 Å². The van der Waals surface area contributed by atoms with Crippen LogP contribution in [0.3, 0.4) is 0 Å². The van der Waals surface area contributed by atoms with E-state index in [2.05, 4.69) is 12.6 Å². The van der Waals surface area contributed by atoms with Gasteiger partial charge in [-0.05, 0) is 6.07 Å². The molecular formula is C7H8ClNOS. The van der Waals surface area contributed by atoms with Gasteiger partial charge >= 0.3 is 0 Å². The molecule has 11 heavy (non-hydrogen) atoms. The summed E-state index contributed by atoms with van der Waals surface area (Å²) in [7, 11) is 1.54. The second-order valence-electron chi connectivity index (χ2n) is 2.04. The Morgan fingerprint density at radius 2 is 2.18 bits per heavy atom. The molecule has 2 nitrogen and oxygen atoms in total. The molecule has 1 aromatic carbocycles. The van der Waals surface area contributed by atoms with E-state index in [0.717, 1.165) is 0 Å². The van der Waals surface area contributed by atoms with Crippen LogP contribution in [0.4, 0.5) is 5.69 Å². The van der Waals surface area contributed by atoms with E-state index < -0.39 is 0 Å². The maximum atomic E-state index is 5.72. The Morgan fingerprint density at radius 3 is 2.73 bits per heavy atom. The number of hydrogen-bond acceptors (Lipinski definition) is 3. The van der Waals surface area contributed by atoms with E-state index in [-0.39, 0.29) is 0 Å². The molecule has 2 N–H and O–H groups in total. The van der Waals surface area contributed by atoms with Gasteiger partial charge in [-0.2, -0.15) is 0 Å². The van der Waals surface area contributed by atoms with E-state index in [4.69, 9.17) is 22.1 Å². The van der Waals surface area contributed by atoms with Crippen LogP contribution in [0.2, 0.25) is 5.02 Å². The van der Waals surface area contributed by atoms with E-state index in [1.165, 1.54) is 7.11 Å². The molecule has 0 bridgehead atoms. The first-order chi connectivity index (χ1) is 5.15. The summed E-state index contributed by atoms with van der Waals surface area (Å²) < 4.78 is 4.95. The van der Waals surface area contributed by atoms with Crippen LogP contribution in [0.15, 0.2) is 17.0 Å². The first kappa shape index (κ1) is 8.56. The van der Waals surface area contributed by atoms with Gasteiger partial charge in [0.2, 0.25) is 0 Å². The van der Waals surface area contributed by atoms with Crippen molar-refractivity contribution in [3.63, 3.8) is 0 Å². The zero-order valence-electron chi connectivity index (χ0n) is 5.97. The standard InChI is InChI=1S/C7H8ClNOS/c1-10-5-2-4(8)3-6(11)7(5)9/h2-3,11H,9H2,1H3. The fourth-order valence-corrected chi connectivity index (χ4v) is 1.28. The van der Waals surface area contributed by atoms with Gasteiger partial charge in [-0.1, -0.05) is 11.6 Å². The average Bonchev–Trinajstić information content (AvgIpc) is 1.96. The molecule has 1 aromatic rings. The van der Waals surface area contributed by atoms with Crippen LogP contribution in [0, 0.1) is 0 Å². The molecule has 0 fully saturated rings. The van der Waals surface area contributed by atoms with E-state index in [9.17, 15) is 0 Å². The third-order valence-corrected chi connectivity index (χ3v) is 1.89. The number of thiol groups is 1. The van der Waals surface area contributed by atoms with Crippen molar-refractivity contribution < 1.29 is 4.74 Å². The molecule has 0 aliphatic carbocycles. The Balaban J connectivity index is 3.24. The Hall–Kier alpha value is -0.540. The maximum Gasteiger partial charge on any atom is 0.144 e. The molecule has 0 saturated heterocycles. The number of nitrogen functional groups attached to an aromatic ring is 1. The molecule has 0 aliphatic rings. The van der Waals surface area contributed by atoms with Gasteiger partial charge < -0.3 is 10.5 Å². The van der Waals surface area contributed by atoms with Crippen LogP contribution < -0.4 is 10.5 Å². The number of nitrogens with two attached hydrogens (primary N) is 1. The van der Waals surface area contributed by atoms with Gasteiger partial charge in [0.25, 0.3) is 0 Å². The number of anilines is 1. The first-order valence-electron chi connectivity index (χ1n) is 2.97. The maximum absolute atomic E-state index is 5.72. The minimum Gasteiger partial charge on any atom is -0.495 e.